The van der Waals surface area contributed by atoms with Crippen molar-refractivity contribution in [3.63, 3.8) is 0 Å². The van der Waals surface area contributed by atoms with Crippen molar-refractivity contribution in [1.29, 1.82) is 0 Å². The zero-order chi connectivity index (χ0) is 28.4. The van der Waals surface area contributed by atoms with Gasteiger partial charge in [-0.05, 0) is 20.8 Å². The molecule has 14 nitrogen and oxygen atoms in total. The summed E-state index contributed by atoms with van der Waals surface area (Å²) in [5, 5.41) is 9.75. The van der Waals surface area contributed by atoms with Gasteiger partial charge in [0, 0.05) is 52.4 Å². The van der Waals surface area contributed by atoms with E-state index in [1.54, 1.807) is 20.8 Å². The van der Waals surface area contributed by atoms with Crippen molar-refractivity contribution in [3.05, 3.63) is 40.9 Å². The first-order chi connectivity index (χ1) is 17.8. The summed E-state index contributed by atoms with van der Waals surface area (Å²) in [4.78, 5) is 79.1. The van der Waals surface area contributed by atoms with Crippen LogP contribution in [0, 0.1) is 0 Å². The molecule has 38 heavy (non-hydrogen) atoms. The van der Waals surface area contributed by atoms with Crippen LogP contribution in [0.15, 0.2) is 19.2 Å². The largest absolute Gasteiger partial charge is 0.491 e. The number of methoxy groups -OCH3 is 2. The fourth-order valence-electron chi connectivity index (χ4n) is 4.23. The van der Waals surface area contributed by atoms with Crippen molar-refractivity contribution in [2.45, 2.75) is 26.4 Å². The summed E-state index contributed by atoms with van der Waals surface area (Å²) in [5.41, 5.74) is -3.79. The van der Waals surface area contributed by atoms with E-state index in [9.17, 15) is 33.9 Å². The highest BCUT2D eigenvalue weighted by molar-refractivity contribution is 5.70. The van der Waals surface area contributed by atoms with Gasteiger partial charge in [-0.1, -0.05) is 0 Å². The van der Waals surface area contributed by atoms with Gasteiger partial charge >= 0.3 is 12.2 Å². The number of hydrogen-bond acceptors (Lipinski definition) is 11. The second-order valence-electron chi connectivity index (χ2n) is 9.79. The van der Waals surface area contributed by atoms with Gasteiger partial charge in [0.25, 0.3) is 21.7 Å². The van der Waals surface area contributed by atoms with Gasteiger partial charge in [-0.15, -0.1) is 0 Å². The van der Waals surface area contributed by atoms with Gasteiger partial charge in [0.05, 0.1) is 14.2 Å². The number of ether oxygens (including phenoxy) is 3. The molecule has 0 atom stereocenters. The Hall–Kier alpha value is -4.10. The Morgan fingerprint density at radius 1 is 0.658 bits per heavy atom. The fourth-order valence-corrected chi connectivity index (χ4v) is 4.23. The normalized spacial score (nSPS) is 16.2. The lowest BCUT2D eigenvalue weighted by molar-refractivity contribution is 0.0259. The van der Waals surface area contributed by atoms with E-state index < -0.39 is 39.5 Å². The lowest BCUT2D eigenvalue weighted by atomic mass is 10.1. The number of carbonyl (C=O) groups is 2. The van der Waals surface area contributed by atoms with Gasteiger partial charge < -0.3 is 38.9 Å². The van der Waals surface area contributed by atoms with Crippen LogP contribution >= 0.6 is 0 Å². The second kappa shape index (κ2) is 11.1. The highest BCUT2D eigenvalue weighted by Gasteiger charge is 2.32. The molecule has 1 saturated heterocycles. The summed E-state index contributed by atoms with van der Waals surface area (Å²) in [7, 11) is 2.52. The number of amides is 2. The molecule has 0 aliphatic carbocycles. The number of nitrogens with zero attached hydrogens (tertiary/aromatic N) is 4. The van der Waals surface area contributed by atoms with Crippen LogP contribution in [0.4, 0.5) is 21.0 Å². The highest BCUT2D eigenvalue weighted by Crippen LogP contribution is 2.24. The maximum Gasteiger partial charge on any atom is 0.410 e. The van der Waals surface area contributed by atoms with E-state index in [1.807, 2.05) is 0 Å². The summed E-state index contributed by atoms with van der Waals surface area (Å²) in [5.74, 6) is -0.239. The van der Waals surface area contributed by atoms with Crippen molar-refractivity contribution in [3.8, 4) is 11.5 Å². The number of anilines is 2. The van der Waals surface area contributed by atoms with Crippen LogP contribution in [0.25, 0.3) is 0 Å². The van der Waals surface area contributed by atoms with Gasteiger partial charge in [-0.25, -0.2) is 9.59 Å². The molecule has 2 amide bonds. The maximum atomic E-state index is 13.0. The van der Waals surface area contributed by atoms with Crippen LogP contribution < -0.4 is 41.0 Å². The molecular weight excluding hydrogens is 504 g/mol. The van der Waals surface area contributed by atoms with Crippen LogP contribution in [0.2, 0.25) is 0 Å². The monoisotopic (exact) mass is 536 g/mol. The zero-order valence-corrected chi connectivity index (χ0v) is 22.1. The van der Waals surface area contributed by atoms with Crippen molar-refractivity contribution < 1.29 is 28.9 Å². The van der Waals surface area contributed by atoms with Crippen molar-refractivity contribution in [2.75, 3.05) is 76.4 Å². The van der Waals surface area contributed by atoms with Crippen LogP contribution in [-0.2, 0) is 4.74 Å². The number of carboxylic acid groups (broad SMARTS) is 1. The molecule has 0 bridgehead atoms. The molecule has 0 spiro atoms. The minimum atomic E-state index is -1.23. The molecule has 208 valence electrons. The summed E-state index contributed by atoms with van der Waals surface area (Å²) in [6, 6.07) is 0. The predicted molar refractivity (Wildman–Crippen MR) is 138 cm³/mol. The lowest BCUT2D eigenvalue weighted by Crippen LogP contribution is -2.52. The number of hydrogen-bond donors (Lipinski definition) is 1. The minimum absolute atomic E-state index is 0.0269. The van der Waals surface area contributed by atoms with Gasteiger partial charge in [0.1, 0.15) is 17.0 Å². The van der Waals surface area contributed by atoms with E-state index >= 15 is 0 Å². The van der Waals surface area contributed by atoms with Gasteiger partial charge in [0.15, 0.2) is 11.5 Å². The SMILES string of the molecule is COc1c(N2CCN(C(=O)O)CCN(c3c(OC)c(=O)c3=O)CCN(C(=O)OC(C)(C)C)CC2)c(=O)c1=O. The number of rotatable bonds is 4. The highest BCUT2D eigenvalue weighted by atomic mass is 16.6. The number of carbonyl (C=O) groups excluding carboxylic acids is 1. The maximum absolute atomic E-state index is 13.0. The Labute approximate surface area is 217 Å². The summed E-state index contributed by atoms with van der Waals surface area (Å²) < 4.78 is 15.7. The van der Waals surface area contributed by atoms with Crippen LogP contribution in [-0.4, -0.2) is 99.3 Å². The molecule has 2 aromatic carbocycles. The second-order valence-corrected chi connectivity index (χ2v) is 9.79. The third-order valence-corrected chi connectivity index (χ3v) is 6.21. The third-order valence-electron chi connectivity index (χ3n) is 6.21. The van der Waals surface area contributed by atoms with Crippen molar-refractivity contribution >= 4 is 23.6 Å². The molecule has 1 aliphatic heterocycles. The molecule has 1 fully saturated rings. The van der Waals surface area contributed by atoms with E-state index in [2.05, 4.69) is 0 Å². The average molecular weight is 537 g/mol. The third kappa shape index (κ3) is 5.73. The molecular formula is C24H32N4O10. The van der Waals surface area contributed by atoms with Crippen molar-refractivity contribution in [1.82, 2.24) is 9.80 Å². The Balaban J connectivity index is 1.96. The van der Waals surface area contributed by atoms with Crippen LogP contribution in [0.1, 0.15) is 20.8 Å². The summed E-state index contributed by atoms with van der Waals surface area (Å²) >= 11 is 0. The fraction of sp³-hybridized carbons (Fsp3) is 0.583. The van der Waals surface area contributed by atoms with E-state index in [0.29, 0.717) is 0 Å². The van der Waals surface area contributed by atoms with Crippen LogP contribution in [0.3, 0.4) is 0 Å². The van der Waals surface area contributed by atoms with E-state index in [-0.39, 0.29) is 75.2 Å². The average Bonchev–Trinajstić information content (AvgIpc) is 2.84. The lowest BCUT2D eigenvalue weighted by Gasteiger charge is -2.36. The standard InChI is InChI=1S/C24H32N4O10/c1-24(2,3)38-23(35)28-12-8-25(14-16(29)18(31)20(14)36-4)6-10-27(22(33)34)11-7-26(9-13-28)15-17(30)19(32)21(15)37-5/h6-13H2,1-5H3,(H,33,34). The molecule has 1 heterocycles. The first-order valence-electron chi connectivity index (χ1n) is 12.0. The topological polar surface area (TPSA) is 163 Å². The first kappa shape index (κ1) is 28.5. The summed E-state index contributed by atoms with van der Waals surface area (Å²) in [6.07, 6.45) is -1.87. The van der Waals surface area contributed by atoms with Crippen molar-refractivity contribution in [2.24, 2.45) is 0 Å². The van der Waals surface area contributed by atoms with Crippen LogP contribution in [0.5, 0.6) is 11.5 Å². The Kier molecular flexibility index (Phi) is 8.32. The molecule has 2 aromatic rings. The Morgan fingerprint density at radius 2 is 1.03 bits per heavy atom. The summed E-state index contributed by atoms with van der Waals surface area (Å²) in [6.45, 7) is 5.30. The molecule has 0 unspecified atom stereocenters. The smallest absolute Gasteiger partial charge is 0.410 e. The van der Waals surface area contributed by atoms with E-state index in [4.69, 9.17) is 14.2 Å². The van der Waals surface area contributed by atoms with Gasteiger partial charge in [-0.2, -0.15) is 0 Å². The van der Waals surface area contributed by atoms with E-state index in [1.165, 1.54) is 28.9 Å². The molecule has 1 N–H and O–H groups in total. The van der Waals surface area contributed by atoms with Gasteiger partial charge in [0.2, 0.25) is 0 Å². The molecule has 3 rings (SSSR count). The molecule has 1 aliphatic rings. The predicted octanol–water partition coefficient (Wildman–Crippen LogP) is -0.560. The molecule has 0 aromatic heterocycles. The van der Waals surface area contributed by atoms with Gasteiger partial charge in [-0.3, -0.25) is 19.2 Å². The quantitative estimate of drug-likeness (QED) is 0.496. The molecule has 0 saturated carbocycles. The molecule has 0 radical (unpaired) electrons. The molecule has 14 heteroatoms. The Bertz CT molecular complexity index is 1250. The Morgan fingerprint density at radius 3 is 1.34 bits per heavy atom. The zero-order valence-electron chi connectivity index (χ0n) is 22.1. The first-order valence-corrected chi connectivity index (χ1v) is 12.0. The van der Waals surface area contributed by atoms with E-state index in [0.717, 1.165) is 4.90 Å². The minimum Gasteiger partial charge on any atom is -0.491 e.